The van der Waals surface area contributed by atoms with Crippen molar-refractivity contribution in [2.45, 2.75) is 11.3 Å². The van der Waals surface area contributed by atoms with Crippen LogP contribution >= 0.6 is 11.8 Å². The largest absolute Gasteiger partial charge is 0.370 e. The quantitative estimate of drug-likeness (QED) is 0.638. The van der Waals surface area contributed by atoms with Crippen molar-refractivity contribution in [3.05, 3.63) is 24.3 Å². The Labute approximate surface area is 111 Å². The number of likely N-dealkylation sites (N-methyl/N-ethyl adjacent to an activating group) is 1. The van der Waals surface area contributed by atoms with Crippen LogP contribution < -0.4 is 16.4 Å². The van der Waals surface area contributed by atoms with Gasteiger partial charge in [0.2, 0.25) is 11.8 Å². The molecule has 0 saturated carbocycles. The number of rotatable bonds is 7. The first kappa shape index (κ1) is 14.5. The number of benzene rings is 1. The van der Waals surface area contributed by atoms with E-state index in [1.165, 1.54) is 11.8 Å². The molecule has 5 nitrogen and oxygen atoms in total. The average molecular weight is 267 g/mol. The average Bonchev–Trinajstić information content (AvgIpc) is 2.31. The standard InChI is InChI=1S/C12H17N3O2S/c1-14-8-12(17)15-9-4-2-3-5-10(9)18-7-6-11(13)16/h2-5,14H,6-8H2,1H3,(H2,13,16)(H,15,17). The van der Waals surface area contributed by atoms with Gasteiger partial charge in [0.15, 0.2) is 0 Å². The summed E-state index contributed by atoms with van der Waals surface area (Å²) in [6, 6.07) is 7.48. The van der Waals surface area contributed by atoms with Crippen LogP contribution in [0.1, 0.15) is 6.42 Å². The van der Waals surface area contributed by atoms with Gasteiger partial charge in [-0.15, -0.1) is 11.8 Å². The minimum atomic E-state index is -0.320. The fourth-order valence-electron chi connectivity index (χ4n) is 1.31. The number of hydrogen-bond acceptors (Lipinski definition) is 4. The van der Waals surface area contributed by atoms with E-state index in [1.54, 1.807) is 7.05 Å². The molecule has 0 fully saturated rings. The number of thioether (sulfide) groups is 1. The van der Waals surface area contributed by atoms with Crippen LogP contribution in [0.5, 0.6) is 0 Å². The molecule has 0 aliphatic carbocycles. The van der Waals surface area contributed by atoms with Crippen LogP contribution in [0.25, 0.3) is 0 Å². The summed E-state index contributed by atoms with van der Waals surface area (Å²) in [6.07, 6.45) is 0.323. The smallest absolute Gasteiger partial charge is 0.238 e. The maximum Gasteiger partial charge on any atom is 0.238 e. The van der Waals surface area contributed by atoms with Gasteiger partial charge in [-0.1, -0.05) is 12.1 Å². The molecule has 6 heteroatoms. The second-order valence-corrected chi connectivity index (χ2v) is 4.78. The fraction of sp³-hybridized carbons (Fsp3) is 0.333. The van der Waals surface area contributed by atoms with Crippen molar-refractivity contribution in [2.24, 2.45) is 5.73 Å². The zero-order chi connectivity index (χ0) is 13.4. The number of para-hydroxylation sites is 1. The summed E-state index contributed by atoms with van der Waals surface area (Å²) in [4.78, 5) is 23.1. The summed E-state index contributed by atoms with van der Waals surface area (Å²) in [5.74, 6) is 0.188. The Morgan fingerprint density at radius 3 is 2.72 bits per heavy atom. The molecular weight excluding hydrogens is 250 g/mol. The first-order valence-corrected chi connectivity index (χ1v) is 6.56. The van der Waals surface area contributed by atoms with Crippen molar-refractivity contribution >= 4 is 29.3 Å². The molecule has 0 aromatic heterocycles. The van der Waals surface area contributed by atoms with E-state index < -0.39 is 0 Å². The number of nitrogens with two attached hydrogens (primary N) is 1. The molecule has 18 heavy (non-hydrogen) atoms. The summed E-state index contributed by atoms with van der Waals surface area (Å²) < 4.78 is 0. The lowest BCUT2D eigenvalue weighted by Gasteiger charge is -2.10. The Hall–Kier alpha value is -1.53. The molecule has 0 aliphatic heterocycles. The second-order valence-electron chi connectivity index (χ2n) is 3.64. The predicted molar refractivity (Wildman–Crippen MR) is 73.5 cm³/mol. The van der Waals surface area contributed by atoms with E-state index in [4.69, 9.17) is 5.73 Å². The molecule has 0 saturated heterocycles. The third-order valence-corrected chi connectivity index (χ3v) is 3.18. The number of carbonyl (C=O) groups excluding carboxylic acids is 2. The van der Waals surface area contributed by atoms with Gasteiger partial charge in [0.25, 0.3) is 0 Å². The number of hydrogen-bond donors (Lipinski definition) is 3. The monoisotopic (exact) mass is 267 g/mol. The second kappa shape index (κ2) is 7.73. The van der Waals surface area contributed by atoms with E-state index in [2.05, 4.69) is 10.6 Å². The summed E-state index contributed by atoms with van der Waals surface area (Å²) in [7, 11) is 1.72. The van der Waals surface area contributed by atoms with Crippen LogP contribution in [0, 0.1) is 0 Å². The SMILES string of the molecule is CNCC(=O)Nc1ccccc1SCCC(N)=O. The van der Waals surface area contributed by atoms with Crippen LogP contribution in [-0.2, 0) is 9.59 Å². The molecule has 98 valence electrons. The van der Waals surface area contributed by atoms with Crippen LogP contribution in [0.2, 0.25) is 0 Å². The van der Waals surface area contributed by atoms with Gasteiger partial charge in [-0.3, -0.25) is 9.59 Å². The van der Waals surface area contributed by atoms with E-state index in [0.29, 0.717) is 12.2 Å². The maximum absolute atomic E-state index is 11.5. The lowest BCUT2D eigenvalue weighted by molar-refractivity contribution is -0.117. The third kappa shape index (κ3) is 5.20. The van der Waals surface area contributed by atoms with E-state index in [-0.39, 0.29) is 18.4 Å². The lowest BCUT2D eigenvalue weighted by Crippen LogP contribution is -2.25. The van der Waals surface area contributed by atoms with Gasteiger partial charge in [0.1, 0.15) is 0 Å². The molecule has 0 aliphatic rings. The normalized spacial score (nSPS) is 10.1. The van der Waals surface area contributed by atoms with Crippen molar-refractivity contribution in [3.8, 4) is 0 Å². The molecule has 0 bridgehead atoms. The Balaban J connectivity index is 2.61. The maximum atomic E-state index is 11.5. The fourth-order valence-corrected chi connectivity index (χ4v) is 2.28. The Morgan fingerprint density at radius 1 is 1.33 bits per heavy atom. The zero-order valence-electron chi connectivity index (χ0n) is 10.2. The minimum absolute atomic E-state index is 0.0968. The van der Waals surface area contributed by atoms with E-state index in [0.717, 1.165) is 10.6 Å². The Bertz CT molecular complexity index is 424. The number of anilines is 1. The summed E-state index contributed by atoms with van der Waals surface area (Å²) in [5, 5.41) is 5.60. The van der Waals surface area contributed by atoms with Gasteiger partial charge >= 0.3 is 0 Å². The zero-order valence-corrected chi connectivity index (χ0v) is 11.0. The highest BCUT2D eigenvalue weighted by atomic mass is 32.2. The summed E-state index contributed by atoms with van der Waals surface area (Å²) in [6.45, 7) is 0.264. The Morgan fingerprint density at radius 2 is 2.06 bits per heavy atom. The molecule has 1 aromatic carbocycles. The Kier molecular flexibility index (Phi) is 6.24. The first-order chi connectivity index (χ1) is 8.63. The number of primary amides is 1. The number of amides is 2. The lowest BCUT2D eigenvalue weighted by atomic mass is 10.3. The van der Waals surface area contributed by atoms with Crippen molar-refractivity contribution in [3.63, 3.8) is 0 Å². The first-order valence-electron chi connectivity index (χ1n) is 5.58. The minimum Gasteiger partial charge on any atom is -0.370 e. The molecular formula is C12H17N3O2S. The van der Waals surface area contributed by atoms with Gasteiger partial charge < -0.3 is 16.4 Å². The number of nitrogens with one attached hydrogen (secondary N) is 2. The van der Waals surface area contributed by atoms with Crippen LogP contribution in [0.4, 0.5) is 5.69 Å². The molecule has 2 amide bonds. The molecule has 0 spiro atoms. The summed E-state index contributed by atoms with van der Waals surface area (Å²) in [5.41, 5.74) is 5.84. The van der Waals surface area contributed by atoms with Gasteiger partial charge in [-0.05, 0) is 19.2 Å². The van der Waals surface area contributed by atoms with Gasteiger partial charge in [0, 0.05) is 17.1 Å². The topological polar surface area (TPSA) is 84.2 Å². The van der Waals surface area contributed by atoms with Crippen molar-refractivity contribution < 1.29 is 9.59 Å². The molecule has 0 atom stereocenters. The van der Waals surface area contributed by atoms with E-state index in [9.17, 15) is 9.59 Å². The van der Waals surface area contributed by atoms with E-state index in [1.807, 2.05) is 24.3 Å². The van der Waals surface area contributed by atoms with Crippen LogP contribution in [0.15, 0.2) is 29.2 Å². The highest BCUT2D eigenvalue weighted by molar-refractivity contribution is 7.99. The van der Waals surface area contributed by atoms with Crippen LogP contribution in [0.3, 0.4) is 0 Å². The highest BCUT2D eigenvalue weighted by Crippen LogP contribution is 2.27. The number of carbonyl (C=O) groups is 2. The molecule has 0 radical (unpaired) electrons. The van der Waals surface area contributed by atoms with Gasteiger partial charge in [-0.2, -0.15) is 0 Å². The predicted octanol–water partition coefficient (Wildman–Crippen LogP) is 0.812. The molecule has 0 heterocycles. The molecule has 1 aromatic rings. The molecule has 0 unspecified atom stereocenters. The van der Waals surface area contributed by atoms with Crippen molar-refractivity contribution in [1.29, 1.82) is 0 Å². The van der Waals surface area contributed by atoms with Gasteiger partial charge in [-0.25, -0.2) is 0 Å². The third-order valence-electron chi connectivity index (χ3n) is 2.10. The highest BCUT2D eigenvalue weighted by Gasteiger charge is 2.06. The van der Waals surface area contributed by atoms with Crippen molar-refractivity contribution in [2.75, 3.05) is 24.7 Å². The summed E-state index contributed by atoms with van der Waals surface area (Å²) >= 11 is 1.50. The van der Waals surface area contributed by atoms with Gasteiger partial charge in [0.05, 0.1) is 12.2 Å². The molecule has 4 N–H and O–H groups in total. The van der Waals surface area contributed by atoms with Crippen molar-refractivity contribution in [1.82, 2.24) is 5.32 Å². The van der Waals surface area contributed by atoms with Crippen LogP contribution in [-0.4, -0.2) is 31.2 Å². The van der Waals surface area contributed by atoms with E-state index >= 15 is 0 Å². The molecule has 1 rings (SSSR count).